The molecule has 0 unspecified atom stereocenters. The fraction of sp³-hybridized carbons (Fsp3) is 1.00. The van der Waals surface area contributed by atoms with Gasteiger partial charge in [0.25, 0.3) is 0 Å². The molecule has 4 N–H and O–H groups in total. The molecule has 0 aliphatic carbocycles. The van der Waals surface area contributed by atoms with E-state index in [1.165, 1.54) is 32.5 Å². The molecule has 1 spiro atoms. The molecule has 1 atom stereocenters. The Morgan fingerprint density at radius 2 is 2.08 bits per heavy atom. The molecule has 2 saturated heterocycles. The van der Waals surface area contributed by atoms with E-state index in [4.69, 9.17) is 4.74 Å². The second-order valence-electron chi connectivity index (χ2n) is 5.17. The molecule has 0 radical (unpaired) electrons. The maximum absolute atomic E-state index is 5.76. The van der Waals surface area contributed by atoms with Crippen LogP contribution in [0, 0.1) is 0 Å². The van der Waals surface area contributed by atoms with Gasteiger partial charge in [0.1, 0.15) is 19.6 Å². The van der Waals surface area contributed by atoms with Crippen LogP contribution in [0.1, 0.15) is 26.7 Å². The van der Waals surface area contributed by atoms with E-state index in [9.17, 15) is 0 Å². The summed E-state index contributed by atoms with van der Waals surface area (Å²) in [5.41, 5.74) is 0.583. The minimum Gasteiger partial charge on any atom is -0.375 e. The predicted molar refractivity (Wildman–Crippen MR) is 50.4 cm³/mol. The molecular formula is C10H22N2O+2. The standard InChI is InChI=1S/C10H20N2O/c1-9(2)7-10(3-6-13-9)8-11-4-5-12-10/h11-12H,3-8H2,1-2H3/p+2/t10-/m0/s1. The van der Waals surface area contributed by atoms with Gasteiger partial charge < -0.3 is 15.4 Å². The molecule has 0 aromatic heterocycles. The molecule has 2 aliphatic rings. The van der Waals surface area contributed by atoms with E-state index in [0.29, 0.717) is 5.54 Å². The van der Waals surface area contributed by atoms with Crippen molar-refractivity contribution in [3.05, 3.63) is 0 Å². The molecule has 3 heteroatoms. The fourth-order valence-corrected chi connectivity index (χ4v) is 2.85. The molecular weight excluding hydrogens is 164 g/mol. The Balaban J connectivity index is 2.04. The van der Waals surface area contributed by atoms with Gasteiger partial charge in [0.05, 0.1) is 12.2 Å². The van der Waals surface area contributed by atoms with Crippen molar-refractivity contribution in [2.75, 3.05) is 26.2 Å². The maximum Gasteiger partial charge on any atom is 0.150 e. The second kappa shape index (κ2) is 3.23. The van der Waals surface area contributed by atoms with Crippen molar-refractivity contribution < 1.29 is 15.4 Å². The Morgan fingerprint density at radius 1 is 1.23 bits per heavy atom. The van der Waals surface area contributed by atoms with Crippen molar-refractivity contribution in [2.45, 2.75) is 37.8 Å². The first-order valence-corrected chi connectivity index (χ1v) is 5.42. The lowest BCUT2D eigenvalue weighted by Gasteiger charge is -2.43. The van der Waals surface area contributed by atoms with Crippen LogP contribution >= 0.6 is 0 Å². The highest BCUT2D eigenvalue weighted by atomic mass is 16.5. The third-order valence-corrected chi connectivity index (χ3v) is 3.37. The van der Waals surface area contributed by atoms with Gasteiger partial charge in [0.15, 0.2) is 5.54 Å². The Kier molecular flexibility index (Phi) is 2.34. The first kappa shape index (κ1) is 9.44. The summed E-state index contributed by atoms with van der Waals surface area (Å²) in [6, 6.07) is 0. The second-order valence-corrected chi connectivity index (χ2v) is 5.17. The highest BCUT2D eigenvalue weighted by molar-refractivity contribution is 4.89. The van der Waals surface area contributed by atoms with E-state index in [-0.39, 0.29) is 5.60 Å². The Labute approximate surface area is 80.2 Å². The van der Waals surface area contributed by atoms with Crippen molar-refractivity contribution >= 4 is 0 Å². The number of hydrogen-bond acceptors (Lipinski definition) is 1. The summed E-state index contributed by atoms with van der Waals surface area (Å²) < 4.78 is 5.76. The fourth-order valence-electron chi connectivity index (χ4n) is 2.85. The number of rotatable bonds is 0. The first-order chi connectivity index (χ1) is 6.12. The smallest absolute Gasteiger partial charge is 0.150 e. The van der Waals surface area contributed by atoms with Crippen LogP contribution in [-0.4, -0.2) is 37.4 Å². The quantitative estimate of drug-likeness (QED) is 0.473. The van der Waals surface area contributed by atoms with Gasteiger partial charge in [-0.3, -0.25) is 0 Å². The van der Waals surface area contributed by atoms with Crippen LogP contribution < -0.4 is 10.6 Å². The number of piperazine rings is 1. The van der Waals surface area contributed by atoms with E-state index in [1.54, 1.807) is 0 Å². The molecule has 2 fully saturated rings. The van der Waals surface area contributed by atoms with Crippen LogP contribution in [0.25, 0.3) is 0 Å². The summed E-state index contributed by atoms with van der Waals surface area (Å²) in [6.07, 6.45) is 2.43. The minimum atomic E-state index is 0.0972. The zero-order valence-electron chi connectivity index (χ0n) is 8.81. The number of ether oxygens (including phenoxy) is 1. The summed E-state index contributed by atoms with van der Waals surface area (Å²) in [5.74, 6) is 0. The van der Waals surface area contributed by atoms with E-state index in [0.717, 1.165) is 6.61 Å². The summed E-state index contributed by atoms with van der Waals surface area (Å²) in [7, 11) is 0. The number of quaternary nitrogens is 2. The molecule has 0 aromatic carbocycles. The van der Waals surface area contributed by atoms with Gasteiger partial charge in [-0.15, -0.1) is 0 Å². The first-order valence-electron chi connectivity index (χ1n) is 5.42. The highest BCUT2D eigenvalue weighted by Gasteiger charge is 2.46. The van der Waals surface area contributed by atoms with Crippen LogP contribution in [0.4, 0.5) is 0 Å². The number of nitrogens with two attached hydrogens (primary N) is 2. The minimum absolute atomic E-state index is 0.0972. The molecule has 0 amide bonds. The van der Waals surface area contributed by atoms with E-state index in [1.807, 2.05) is 0 Å². The largest absolute Gasteiger partial charge is 0.375 e. The average molecular weight is 186 g/mol. The average Bonchev–Trinajstić information content (AvgIpc) is 2.03. The highest BCUT2D eigenvalue weighted by Crippen LogP contribution is 2.28. The normalized spacial score (nSPS) is 39.2. The molecule has 2 rings (SSSR count). The maximum atomic E-state index is 5.76. The van der Waals surface area contributed by atoms with E-state index < -0.39 is 0 Å². The predicted octanol–water partition coefficient (Wildman–Crippen LogP) is -1.55. The van der Waals surface area contributed by atoms with Crippen LogP contribution in [0.2, 0.25) is 0 Å². The molecule has 2 heterocycles. The van der Waals surface area contributed by atoms with E-state index in [2.05, 4.69) is 24.5 Å². The van der Waals surface area contributed by atoms with Crippen LogP contribution in [0.5, 0.6) is 0 Å². The van der Waals surface area contributed by atoms with Crippen molar-refractivity contribution in [2.24, 2.45) is 0 Å². The SMILES string of the molecule is CC1(C)C[C@@]2(CCO1)C[NH2+]CC[NH2+]2. The third kappa shape index (κ3) is 2.03. The van der Waals surface area contributed by atoms with Gasteiger partial charge in [-0.05, 0) is 13.8 Å². The lowest BCUT2D eigenvalue weighted by molar-refractivity contribution is -0.841. The van der Waals surface area contributed by atoms with Gasteiger partial charge in [-0.25, -0.2) is 0 Å². The molecule has 2 aliphatic heterocycles. The lowest BCUT2D eigenvalue weighted by atomic mass is 9.80. The zero-order chi connectivity index (χ0) is 9.36. The van der Waals surface area contributed by atoms with Gasteiger partial charge in [-0.1, -0.05) is 0 Å². The van der Waals surface area contributed by atoms with Crippen LogP contribution in [0.15, 0.2) is 0 Å². The summed E-state index contributed by atoms with van der Waals surface area (Å²) in [4.78, 5) is 0. The topological polar surface area (TPSA) is 42.5 Å². The van der Waals surface area contributed by atoms with Crippen molar-refractivity contribution in [1.82, 2.24) is 0 Å². The van der Waals surface area contributed by atoms with Crippen LogP contribution in [0.3, 0.4) is 0 Å². The van der Waals surface area contributed by atoms with Crippen molar-refractivity contribution in [1.29, 1.82) is 0 Å². The summed E-state index contributed by atoms with van der Waals surface area (Å²) >= 11 is 0. The Morgan fingerprint density at radius 3 is 2.69 bits per heavy atom. The molecule has 13 heavy (non-hydrogen) atoms. The van der Waals surface area contributed by atoms with Gasteiger partial charge in [0, 0.05) is 12.8 Å². The molecule has 3 nitrogen and oxygen atoms in total. The van der Waals surface area contributed by atoms with Crippen molar-refractivity contribution in [3.8, 4) is 0 Å². The van der Waals surface area contributed by atoms with Crippen molar-refractivity contribution in [3.63, 3.8) is 0 Å². The Hall–Kier alpha value is -0.120. The van der Waals surface area contributed by atoms with Gasteiger partial charge >= 0.3 is 0 Å². The zero-order valence-corrected chi connectivity index (χ0v) is 8.81. The van der Waals surface area contributed by atoms with E-state index >= 15 is 0 Å². The third-order valence-electron chi connectivity index (χ3n) is 3.37. The summed E-state index contributed by atoms with van der Waals surface area (Å²) in [5, 5.41) is 5.01. The Bertz CT molecular complexity index is 180. The number of hydrogen-bond donors (Lipinski definition) is 2. The lowest BCUT2D eigenvalue weighted by Crippen LogP contribution is -3.13. The van der Waals surface area contributed by atoms with Gasteiger partial charge in [-0.2, -0.15) is 0 Å². The van der Waals surface area contributed by atoms with Gasteiger partial charge in [0.2, 0.25) is 0 Å². The molecule has 0 saturated carbocycles. The molecule has 0 aromatic rings. The molecule has 76 valence electrons. The van der Waals surface area contributed by atoms with Crippen LogP contribution in [-0.2, 0) is 4.74 Å². The molecule has 0 bridgehead atoms. The summed E-state index contributed by atoms with van der Waals surface area (Å²) in [6.45, 7) is 9.21. The monoisotopic (exact) mass is 186 g/mol.